The standard InChI is InChI=1S/C20H18F3NO4/c21-20(22,23)19(18(26)27)10-11-24(13-19)17(25)15-6-8-16(9-7-15)28-12-14-4-2-1-3-5-14/h1-9H,10-13H2,(H,26,27). The van der Waals surface area contributed by atoms with Crippen molar-refractivity contribution < 1.29 is 32.6 Å². The van der Waals surface area contributed by atoms with Gasteiger partial charge in [-0.1, -0.05) is 30.3 Å². The number of carboxylic acids is 1. The van der Waals surface area contributed by atoms with E-state index in [1.807, 2.05) is 30.3 Å². The van der Waals surface area contributed by atoms with Crippen LogP contribution in [-0.4, -0.2) is 41.1 Å². The third kappa shape index (κ3) is 3.81. The Morgan fingerprint density at radius 1 is 1.07 bits per heavy atom. The number of nitrogens with zero attached hydrogens (tertiary/aromatic N) is 1. The molecule has 1 atom stereocenters. The van der Waals surface area contributed by atoms with Crippen LogP contribution in [0.15, 0.2) is 54.6 Å². The molecule has 1 fully saturated rings. The molecule has 0 spiro atoms. The van der Waals surface area contributed by atoms with E-state index in [9.17, 15) is 22.8 Å². The summed E-state index contributed by atoms with van der Waals surface area (Å²) in [5.41, 5.74) is -1.77. The van der Waals surface area contributed by atoms with Gasteiger partial charge in [-0.15, -0.1) is 0 Å². The molecule has 1 unspecified atom stereocenters. The number of amides is 1. The van der Waals surface area contributed by atoms with Crippen molar-refractivity contribution in [3.8, 4) is 5.75 Å². The highest BCUT2D eigenvalue weighted by Crippen LogP contribution is 2.46. The molecular weight excluding hydrogens is 375 g/mol. The first-order chi connectivity index (χ1) is 13.2. The molecule has 1 aliphatic rings. The van der Waals surface area contributed by atoms with Crippen LogP contribution in [0.2, 0.25) is 0 Å². The number of likely N-dealkylation sites (tertiary alicyclic amines) is 1. The number of halogens is 3. The van der Waals surface area contributed by atoms with Gasteiger partial charge < -0.3 is 14.7 Å². The van der Waals surface area contributed by atoms with E-state index in [1.54, 1.807) is 12.1 Å². The SMILES string of the molecule is O=C(c1ccc(OCc2ccccc2)cc1)N1CCC(C(=O)O)(C(F)(F)F)C1. The third-order valence-corrected chi connectivity index (χ3v) is 4.86. The Labute approximate surface area is 159 Å². The number of hydrogen-bond donors (Lipinski definition) is 1. The molecule has 0 bridgehead atoms. The Morgan fingerprint density at radius 2 is 1.71 bits per heavy atom. The van der Waals surface area contributed by atoms with E-state index in [0.29, 0.717) is 12.4 Å². The monoisotopic (exact) mass is 393 g/mol. The summed E-state index contributed by atoms with van der Waals surface area (Å²) in [6.45, 7) is -0.819. The van der Waals surface area contributed by atoms with Gasteiger partial charge in [0, 0.05) is 18.7 Å². The summed E-state index contributed by atoms with van der Waals surface area (Å²) in [5, 5.41) is 9.08. The predicted molar refractivity (Wildman–Crippen MR) is 93.9 cm³/mol. The first-order valence-corrected chi connectivity index (χ1v) is 8.59. The number of aliphatic carboxylic acids is 1. The molecule has 1 amide bonds. The average molecular weight is 393 g/mol. The Kier molecular flexibility index (Phi) is 5.31. The second-order valence-electron chi connectivity index (χ2n) is 6.66. The van der Waals surface area contributed by atoms with Crippen LogP contribution in [0.5, 0.6) is 5.75 Å². The molecule has 0 saturated carbocycles. The van der Waals surface area contributed by atoms with Crippen molar-refractivity contribution in [2.45, 2.75) is 19.2 Å². The van der Waals surface area contributed by atoms with Crippen molar-refractivity contribution in [3.05, 3.63) is 65.7 Å². The average Bonchev–Trinajstić information content (AvgIpc) is 3.14. The first-order valence-electron chi connectivity index (χ1n) is 8.59. The number of carboxylic acid groups (broad SMARTS) is 1. The Bertz CT molecular complexity index is 852. The van der Waals surface area contributed by atoms with Crippen molar-refractivity contribution in [1.82, 2.24) is 4.90 Å². The largest absolute Gasteiger partial charge is 0.489 e. The van der Waals surface area contributed by atoms with Crippen molar-refractivity contribution in [2.75, 3.05) is 13.1 Å². The zero-order valence-corrected chi connectivity index (χ0v) is 14.8. The number of rotatable bonds is 5. The highest BCUT2D eigenvalue weighted by Gasteiger charge is 2.64. The molecular formula is C20H18F3NO4. The fourth-order valence-electron chi connectivity index (χ4n) is 3.13. The molecule has 5 nitrogen and oxygen atoms in total. The smallest absolute Gasteiger partial charge is 0.406 e. The van der Waals surface area contributed by atoms with Crippen LogP contribution in [0.25, 0.3) is 0 Å². The minimum Gasteiger partial charge on any atom is -0.489 e. The lowest BCUT2D eigenvalue weighted by atomic mass is 9.86. The lowest BCUT2D eigenvalue weighted by Crippen LogP contribution is -2.47. The van der Waals surface area contributed by atoms with Crippen LogP contribution in [-0.2, 0) is 11.4 Å². The highest BCUT2D eigenvalue weighted by molar-refractivity contribution is 5.95. The lowest BCUT2D eigenvalue weighted by molar-refractivity contribution is -0.227. The summed E-state index contributed by atoms with van der Waals surface area (Å²) < 4.78 is 45.4. The van der Waals surface area contributed by atoms with Gasteiger partial charge in [0.2, 0.25) is 0 Å². The van der Waals surface area contributed by atoms with E-state index in [0.717, 1.165) is 10.5 Å². The fourth-order valence-corrected chi connectivity index (χ4v) is 3.13. The lowest BCUT2D eigenvalue weighted by Gasteiger charge is -2.27. The zero-order valence-electron chi connectivity index (χ0n) is 14.8. The molecule has 2 aromatic rings. The minimum absolute atomic E-state index is 0.176. The second-order valence-corrected chi connectivity index (χ2v) is 6.66. The summed E-state index contributed by atoms with van der Waals surface area (Å²) in [5.74, 6) is -2.08. The van der Waals surface area contributed by atoms with E-state index < -0.39 is 36.4 Å². The number of ether oxygens (including phenoxy) is 1. The third-order valence-electron chi connectivity index (χ3n) is 4.86. The molecule has 0 radical (unpaired) electrons. The van der Waals surface area contributed by atoms with Crippen LogP contribution in [0, 0.1) is 5.41 Å². The molecule has 28 heavy (non-hydrogen) atoms. The van der Waals surface area contributed by atoms with Gasteiger partial charge in [0.15, 0.2) is 5.41 Å². The van der Waals surface area contributed by atoms with E-state index in [1.165, 1.54) is 12.1 Å². The van der Waals surface area contributed by atoms with Gasteiger partial charge in [-0.25, -0.2) is 0 Å². The maximum atomic E-state index is 13.2. The van der Waals surface area contributed by atoms with E-state index >= 15 is 0 Å². The van der Waals surface area contributed by atoms with E-state index in [-0.39, 0.29) is 12.1 Å². The van der Waals surface area contributed by atoms with Crippen LogP contribution in [0.4, 0.5) is 13.2 Å². The maximum Gasteiger partial charge on any atom is 0.406 e. The van der Waals surface area contributed by atoms with Gasteiger partial charge >= 0.3 is 12.1 Å². The summed E-state index contributed by atoms with van der Waals surface area (Å²) in [6.07, 6.45) is -5.58. The Hall–Kier alpha value is -3.03. The molecule has 0 aromatic heterocycles. The molecule has 3 rings (SSSR count). The van der Waals surface area contributed by atoms with Crippen molar-refractivity contribution in [1.29, 1.82) is 0 Å². The van der Waals surface area contributed by atoms with Gasteiger partial charge in [-0.3, -0.25) is 9.59 Å². The minimum atomic E-state index is -4.93. The predicted octanol–water partition coefficient (Wildman–Crippen LogP) is 3.74. The maximum absolute atomic E-state index is 13.2. The number of carbonyl (C=O) groups is 2. The van der Waals surface area contributed by atoms with Gasteiger partial charge in [0.1, 0.15) is 12.4 Å². The van der Waals surface area contributed by atoms with Gasteiger partial charge in [-0.2, -0.15) is 13.2 Å². The number of benzene rings is 2. The molecule has 1 heterocycles. The van der Waals surface area contributed by atoms with Crippen molar-refractivity contribution in [2.24, 2.45) is 5.41 Å². The Balaban J connectivity index is 1.66. The Morgan fingerprint density at radius 3 is 2.25 bits per heavy atom. The van der Waals surface area contributed by atoms with Gasteiger partial charge in [-0.05, 0) is 36.2 Å². The summed E-state index contributed by atoms with van der Waals surface area (Å²) in [6, 6.07) is 15.5. The molecule has 2 aromatic carbocycles. The first kappa shape index (κ1) is 19.7. The number of carbonyl (C=O) groups excluding carboxylic acids is 1. The van der Waals surface area contributed by atoms with Gasteiger partial charge in [0.05, 0.1) is 0 Å². The van der Waals surface area contributed by atoms with Crippen molar-refractivity contribution in [3.63, 3.8) is 0 Å². The molecule has 1 saturated heterocycles. The highest BCUT2D eigenvalue weighted by atomic mass is 19.4. The molecule has 1 aliphatic heterocycles. The number of hydrogen-bond acceptors (Lipinski definition) is 3. The van der Waals surface area contributed by atoms with Crippen molar-refractivity contribution >= 4 is 11.9 Å². The van der Waals surface area contributed by atoms with E-state index in [2.05, 4.69) is 0 Å². The van der Waals surface area contributed by atoms with Gasteiger partial charge in [0.25, 0.3) is 5.91 Å². The van der Waals surface area contributed by atoms with E-state index in [4.69, 9.17) is 9.84 Å². The normalized spacial score (nSPS) is 19.5. The van der Waals surface area contributed by atoms with Crippen LogP contribution in [0.1, 0.15) is 22.3 Å². The fraction of sp³-hybridized carbons (Fsp3) is 0.300. The summed E-state index contributed by atoms with van der Waals surface area (Å²) in [4.78, 5) is 24.7. The number of alkyl halides is 3. The quantitative estimate of drug-likeness (QED) is 0.840. The topological polar surface area (TPSA) is 66.8 Å². The summed E-state index contributed by atoms with van der Waals surface area (Å²) in [7, 11) is 0. The van der Waals surface area contributed by atoms with Crippen LogP contribution in [0.3, 0.4) is 0 Å². The zero-order chi connectivity index (χ0) is 20.4. The van der Waals surface area contributed by atoms with Crippen LogP contribution >= 0.6 is 0 Å². The van der Waals surface area contributed by atoms with Crippen LogP contribution < -0.4 is 4.74 Å². The molecule has 0 aliphatic carbocycles. The summed E-state index contributed by atoms with van der Waals surface area (Å²) >= 11 is 0. The molecule has 1 N–H and O–H groups in total. The molecule has 148 valence electrons. The second kappa shape index (κ2) is 7.53. The molecule has 8 heteroatoms.